The second-order valence-corrected chi connectivity index (χ2v) is 9.54. The van der Waals surface area contributed by atoms with Crippen LogP contribution in [0.15, 0.2) is 64.6 Å². The fraction of sp³-hybridized carbons (Fsp3) is 0.346. The summed E-state index contributed by atoms with van der Waals surface area (Å²) in [5.74, 6) is -0.794. The molecular formula is C26H31N3O4S. The van der Waals surface area contributed by atoms with Crippen molar-refractivity contribution in [3.05, 3.63) is 76.4 Å². The highest BCUT2D eigenvalue weighted by Crippen LogP contribution is 2.29. The molecule has 180 valence electrons. The van der Waals surface area contributed by atoms with Crippen molar-refractivity contribution in [1.82, 2.24) is 10.6 Å². The topological polar surface area (TPSA) is 91.7 Å². The van der Waals surface area contributed by atoms with Gasteiger partial charge < -0.3 is 15.1 Å². The number of carbonyl (C=O) groups excluding carboxylic acids is 3. The van der Waals surface area contributed by atoms with Crippen LogP contribution in [0.3, 0.4) is 0 Å². The van der Waals surface area contributed by atoms with Gasteiger partial charge in [0.2, 0.25) is 5.91 Å². The minimum Gasteiger partial charge on any atom is -0.467 e. The normalized spacial score (nSPS) is 12.1. The number of hydrogen-bond acceptors (Lipinski definition) is 5. The molecule has 0 spiro atoms. The first-order valence-electron chi connectivity index (χ1n) is 11.3. The third-order valence-corrected chi connectivity index (χ3v) is 6.57. The zero-order chi connectivity index (χ0) is 24.7. The van der Waals surface area contributed by atoms with Gasteiger partial charge in [-0.05, 0) is 68.0 Å². The van der Waals surface area contributed by atoms with Crippen LogP contribution in [0.5, 0.6) is 0 Å². The lowest BCUT2D eigenvalue weighted by Crippen LogP contribution is -2.52. The lowest BCUT2D eigenvalue weighted by atomic mass is 10.0. The number of anilines is 1. The van der Waals surface area contributed by atoms with Crippen LogP contribution in [0.25, 0.3) is 0 Å². The number of nitrogens with one attached hydrogen (secondary N) is 2. The van der Waals surface area contributed by atoms with E-state index in [0.29, 0.717) is 22.7 Å². The van der Waals surface area contributed by atoms with E-state index in [0.717, 1.165) is 12.0 Å². The number of aryl methyl sites for hydroxylation is 1. The van der Waals surface area contributed by atoms with Crippen molar-refractivity contribution in [2.75, 3.05) is 11.4 Å². The molecule has 0 aliphatic carbocycles. The third-order valence-electron chi connectivity index (χ3n) is 5.70. The number of benzene rings is 1. The molecule has 0 saturated heterocycles. The second-order valence-electron chi connectivity index (χ2n) is 8.59. The molecule has 3 amide bonds. The lowest BCUT2D eigenvalue weighted by molar-refractivity contribution is -0.128. The van der Waals surface area contributed by atoms with Crippen LogP contribution in [0.2, 0.25) is 0 Å². The average molecular weight is 482 g/mol. The van der Waals surface area contributed by atoms with Gasteiger partial charge in [-0.1, -0.05) is 32.0 Å². The molecule has 2 N–H and O–H groups in total. The maximum Gasteiger partial charge on any atom is 0.261 e. The summed E-state index contributed by atoms with van der Waals surface area (Å²) in [5.41, 5.74) is 1.17. The molecule has 7 nitrogen and oxygen atoms in total. The Bertz CT molecular complexity index is 1090. The van der Waals surface area contributed by atoms with Gasteiger partial charge in [-0.15, -0.1) is 11.3 Å². The molecular weight excluding hydrogens is 450 g/mol. The van der Waals surface area contributed by atoms with Crippen molar-refractivity contribution in [3.63, 3.8) is 0 Å². The number of carbonyl (C=O) groups is 3. The van der Waals surface area contributed by atoms with E-state index in [2.05, 4.69) is 10.6 Å². The van der Waals surface area contributed by atoms with Crippen molar-refractivity contribution < 1.29 is 18.8 Å². The summed E-state index contributed by atoms with van der Waals surface area (Å²) in [7, 11) is 0. The van der Waals surface area contributed by atoms with Crippen LogP contribution in [0.1, 0.15) is 61.2 Å². The third kappa shape index (κ3) is 6.14. The first-order chi connectivity index (χ1) is 16.3. The lowest BCUT2D eigenvalue weighted by Gasteiger charge is -2.33. The highest BCUT2D eigenvalue weighted by Gasteiger charge is 2.36. The minimum atomic E-state index is -1.04. The number of furan rings is 1. The molecule has 34 heavy (non-hydrogen) atoms. The van der Waals surface area contributed by atoms with Crippen molar-refractivity contribution in [2.24, 2.45) is 0 Å². The molecule has 0 saturated carbocycles. The maximum absolute atomic E-state index is 13.5. The Morgan fingerprint density at radius 1 is 1.06 bits per heavy atom. The molecule has 8 heteroatoms. The van der Waals surface area contributed by atoms with Crippen LogP contribution < -0.4 is 15.5 Å². The van der Waals surface area contributed by atoms with Crippen molar-refractivity contribution in [3.8, 4) is 0 Å². The number of amides is 3. The van der Waals surface area contributed by atoms with Gasteiger partial charge in [0.05, 0.1) is 17.7 Å². The van der Waals surface area contributed by atoms with E-state index in [1.807, 2.05) is 52.0 Å². The average Bonchev–Trinajstić information content (AvgIpc) is 3.55. The molecule has 1 unspecified atom stereocenters. The van der Waals surface area contributed by atoms with Gasteiger partial charge in [-0.2, -0.15) is 0 Å². The molecule has 0 radical (unpaired) electrons. The maximum atomic E-state index is 13.5. The molecule has 0 aliphatic heterocycles. The van der Waals surface area contributed by atoms with E-state index in [1.165, 1.54) is 22.5 Å². The van der Waals surface area contributed by atoms with Crippen LogP contribution in [0, 0.1) is 0 Å². The smallest absolute Gasteiger partial charge is 0.261 e. The van der Waals surface area contributed by atoms with E-state index in [9.17, 15) is 14.4 Å². The summed E-state index contributed by atoms with van der Waals surface area (Å²) in [4.78, 5) is 41.4. The van der Waals surface area contributed by atoms with Crippen LogP contribution in [-0.2, 0) is 16.0 Å². The number of rotatable bonds is 10. The Balaban J connectivity index is 1.97. The second kappa shape index (κ2) is 11.2. The number of hydrogen-bond donors (Lipinski definition) is 2. The van der Waals surface area contributed by atoms with Gasteiger partial charge >= 0.3 is 0 Å². The van der Waals surface area contributed by atoms with Crippen molar-refractivity contribution >= 4 is 34.7 Å². The van der Waals surface area contributed by atoms with Gasteiger partial charge in [0.25, 0.3) is 11.8 Å². The molecule has 1 atom stereocenters. The first-order valence-corrected chi connectivity index (χ1v) is 12.2. The van der Waals surface area contributed by atoms with E-state index < -0.39 is 17.5 Å². The molecule has 3 aromatic rings. The number of nitrogens with zero attached hydrogens (tertiary/aromatic N) is 1. The molecule has 1 aromatic carbocycles. The molecule has 2 aromatic heterocycles. The van der Waals surface area contributed by atoms with Gasteiger partial charge in [-0.25, -0.2) is 0 Å². The minimum absolute atomic E-state index is 0.270. The van der Waals surface area contributed by atoms with Crippen LogP contribution >= 0.6 is 11.3 Å². The molecule has 0 fully saturated rings. The predicted molar refractivity (Wildman–Crippen MR) is 134 cm³/mol. The zero-order valence-electron chi connectivity index (χ0n) is 20.0. The fourth-order valence-electron chi connectivity index (χ4n) is 3.38. The Kier molecular flexibility index (Phi) is 8.28. The highest BCUT2D eigenvalue weighted by atomic mass is 32.1. The van der Waals surface area contributed by atoms with Gasteiger partial charge in [0.15, 0.2) is 6.04 Å². The largest absolute Gasteiger partial charge is 0.467 e. The van der Waals surface area contributed by atoms with E-state index >= 15 is 0 Å². The Morgan fingerprint density at radius 2 is 1.79 bits per heavy atom. The van der Waals surface area contributed by atoms with E-state index in [1.54, 1.807) is 29.6 Å². The molecule has 3 rings (SSSR count). The fourth-order valence-corrected chi connectivity index (χ4v) is 4.02. The summed E-state index contributed by atoms with van der Waals surface area (Å²) in [6.45, 7) is 7.60. The van der Waals surface area contributed by atoms with Gasteiger partial charge in [0, 0.05) is 11.2 Å². The zero-order valence-corrected chi connectivity index (χ0v) is 20.8. The standard InChI is InChI=1S/C26H31N3O4S/c1-5-18-11-13-19(14-12-18)29(22(30)17-27-24(31)21-10-8-16-34-21)23(20-9-7-15-33-20)25(32)28-26(3,4)6-2/h7-16,23H,5-6,17H2,1-4H3,(H,27,31)(H,28,32). The summed E-state index contributed by atoms with van der Waals surface area (Å²) < 4.78 is 5.61. The number of thiophene rings is 1. The summed E-state index contributed by atoms with van der Waals surface area (Å²) in [6.07, 6.45) is 3.03. The molecule has 0 bridgehead atoms. The summed E-state index contributed by atoms with van der Waals surface area (Å²) >= 11 is 1.29. The summed E-state index contributed by atoms with van der Waals surface area (Å²) in [5, 5.41) is 7.50. The highest BCUT2D eigenvalue weighted by molar-refractivity contribution is 7.12. The Morgan fingerprint density at radius 3 is 2.35 bits per heavy atom. The van der Waals surface area contributed by atoms with Crippen LogP contribution in [0.4, 0.5) is 5.69 Å². The van der Waals surface area contributed by atoms with Gasteiger partial charge in [-0.3, -0.25) is 19.3 Å². The van der Waals surface area contributed by atoms with E-state index in [4.69, 9.17) is 4.42 Å². The van der Waals surface area contributed by atoms with Crippen molar-refractivity contribution in [1.29, 1.82) is 0 Å². The molecule has 0 aliphatic rings. The van der Waals surface area contributed by atoms with E-state index in [-0.39, 0.29) is 18.4 Å². The summed E-state index contributed by atoms with van der Waals surface area (Å²) in [6, 6.07) is 13.3. The predicted octanol–water partition coefficient (Wildman–Crippen LogP) is 4.71. The van der Waals surface area contributed by atoms with Crippen LogP contribution in [-0.4, -0.2) is 29.8 Å². The Labute approximate surface area is 204 Å². The van der Waals surface area contributed by atoms with Crippen molar-refractivity contribution in [2.45, 2.75) is 52.1 Å². The SMILES string of the molecule is CCc1ccc(N(C(=O)CNC(=O)c2cccs2)C(C(=O)NC(C)(C)CC)c2ccco2)cc1. The van der Waals surface area contributed by atoms with Gasteiger partial charge in [0.1, 0.15) is 5.76 Å². The quantitative estimate of drug-likeness (QED) is 0.439. The monoisotopic (exact) mass is 481 g/mol. The Hall–Kier alpha value is -3.39. The first kappa shape index (κ1) is 25.2. The molecule has 2 heterocycles.